The highest BCUT2D eigenvalue weighted by molar-refractivity contribution is 7.95. The Morgan fingerprint density at radius 3 is 2.41 bits per heavy atom. The van der Waals surface area contributed by atoms with E-state index >= 15 is 0 Å². The summed E-state index contributed by atoms with van der Waals surface area (Å²) in [5.41, 5.74) is -0.430. The van der Waals surface area contributed by atoms with Crippen LogP contribution in [0.4, 0.5) is 4.79 Å². The van der Waals surface area contributed by atoms with Crippen molar-refractivity contribution in [3.63, 3.8) is 0 Å². The highest BCUT2D eigenvalue weighted by Gasteiger charge is 2.42. The van der Waals surface area contributed by atoms with Gasteiger partial charge in [-0.15, -0.1) is 6.58 Å². The summed E-state index contributed by atoms with van der Waals surface area (Å²) in [7, 11) is 1.33. The van der Waals surface area contributed by atoms with Gasteiger partial charge in [-0.1, -0.05) is 49.8 Å². The number of alkyl carbamates (subject to hydrolysis) is 1. The zero-order valence-corrected chi connectivity index (χ0v) is 22.3. The smallest absolute Gasteiger partial charge is 0.408 e. The van der Waals surface area contributed by atoms with Crippen LogP contribution in [0.2, 0.25) is 0 Å². The molecule has 7 nitrogen and oxygen atoms in total. The molecule has 0 unspecified atom stereocenters. The highest BCUT2D eigenvalue weighted by atomic mass is 127. The van der Waals surface area contributed by atoms with E-state index in [2.05, 4.69) is 29.7 Å². The second kappa shape index (κ2) is 16.0. The van der Waals surface area contributed by atoms with Crippen LogP contribution in [0.1, 0.15) is 38.2 Å². The first-order valence-electron chi connectivity index (χ1n) is 10.3. The number of esters is 1. The van der Waals surface area contributed by atoms with Gasteiger partial charge in [0.05, 0.1) is 19.6 Å². The molecular formula is C23H35IN2O5S. The van der Waals surface area contributed by atoms with Crippen molar-refractivity contribution in [1.82, 2.24) is 10.6 Å². The molecule has 0 aromatic heterocycles. The van der Waals surface area contributed by atoms with Crippen molar-refractivity contribution in [2.24, 2.45) is 0 Å². The summed E-state index contributed by atoms with van der Waals surface area (Å²) < 4.78 is 10.2. The third-order valence-corrected chi connectivity index (χ3v) is 5.81. The summed E-state index contributed by atoms with van der Waals surface area (Å²) in [5.74, 6) is -0.241. The Morgan fingerprint density at radius 2 is 1.88 bits per heavy atom. The van der Waals surface area contributed by atoms with Crippen molar-refractivity contribution in [2.45, 2.75) is 50.8 Å². The number of methoxy groups -OCH3 is 1. The van der Waals surface area contributed by atoms with E-state index in [0.717, 1.165) is 11.3 Å². The molecule has 0 aliphatic rings. The summed E-state index contributed by atoms with van der Waals surface area (Å²) in [4.78, 5) is 38.1. The minimum absolute atomic E-state index is 0. The minimum Gasteiger partial charge on any atom is -1.00 e. The maximum absolute atomic E-state index is 13.3. The van der Waals surface area contributed by atoms with Crippen LogP contribution in [0.5, 0.6) is 0 Å². The average molecular weight is 579 g/mol. The number of benzene rings is 1. The van der Waals surface area contributed by atoms with Crippen LogP contribution in [-0.2, 0) is 36.6 Å². The van der Waals surface area contributed by atoms with Gasteiger partial charge in [0, 0.05) is 6.42 Å². The normalized spacial score (nSPS) is 13.2. The predicted octanol–water partition coefficient (Wildman–Crippen LogP) is -0.0424. The molecule has 0 heterocycles. The Morgan fingerprint density at radius 1 is 1.22 bits per heavy atom. The standard InChI is InChI=1S/C23H34N2O5S.HI/c1-6-11-19(20(26)29-3)24-21(27)23(14-7-2,15-16-31(4)5)25-22(28)30-17-18-12-9-8-10-13-18;/h7-10,12-13,19H,2,6,11,14-17H2,1,3-5H3,(H-,24,25,27,28);1H/t19-,23+;/m0./s1. The topological polar surface area (TPSA) is 93.7 Å². The third kappa shape index (κ3) is 10.2. The molecule has 0 bridgehead atoms. The van der Waals surface area contributed by atoms with Gasteiger partial charge < -0.3 is 44.1 Å². The molecule has 0 fully saturated rings. The SMILES string of the molecule is C=CC[C@](CC[S+](C)C)(NC(=O)OCc1ccccc1)C(=O)N[C@@H](CCC)C(=O)OC.[I-]. The van der Waals surface area contributed by atoms with Gasteiger partial charge in [0.1, 0.15) is 23.9 Å². The van der Waals surface area contributed by atoms with Crippen molar-refractivity contribution in [2.75, 3.05) is 25.4 Å². The molecule has 32 heavy (non-hydrogen) atoms. The summed E-state index contributed by atoms with van der Waals surface area (Å²) in [6.07, 6.45) is 6.75. The Balaban J connectivity index is 0.00000961. The molecule has 180 valence electrons. The largest absolute Gasteiger partial charge is 1.00 e. The predicted molar refractivity (Wildman–Crippen MR) is 125 cm³/mol. The number of rotatable bonds is 13. The quantitative estimate of drug-likeness (QED) is 0.148. The summed E-state index contributed by atoms with van der Waals surface area (Å²) in [6, 6.07) is 8.51. The first-order chi connectivity index (χ1) is 14.8. The Kier molecular flexibility index (Phi) is 15.1. The van der Waals surface area contributed by atoms with E-state index in [1.54, 1.807) is 6.08 Å². The number of nitrogens with one attached hydrogen (secondary N) is 2. The van der Waals surface area contributed by atoms with E-state index in [-0.39, 0.29) is 47.9 Å². The van der Waals surface area contributed by atoms with Crippen LogP contribution in [0.15, 0.2) is 43.0 Å². The molecule has 0 saturated carbocycles. The second-order valence-electron chi connectivity index (χ2n) is 7.54. The first-order valence-corrected chi connectivity index (χ1v) is 12.5. The number of hydrogen-bond acceptors (Lipinski definition) is 5. The molecule has 2 amide bonds. The highest BCUT2D eigenvalue weighted by Crippen LogP contribution is 2.20. The first kappa shape index (κ1) is 30.2. The lowest BCUT2D eigenvalue weighted by molar-refractivity contribution is -0.146. The number of carbonyl (C=O) groups is 3. The van der Waals surface area contributed by atoms with E-state index in [9.17, 15) is 14.4 Å². The van der Waals surface area contributed by atoms with E-state index < -0.39 is 29.6 Å². The number of carbonyl (C=O) groups excluding carboxylic acids is 3. The lowest BCUT2D eigenvalue weighted by Crippen LogP contribution is -3.00. The van der Waals surface area contributed by atoms with E-state index in [4.69, 9.17) is 9.47 Å². The molecule has 0 saturated heterocycles. The van der Waals surface area contributed by atoms with Gasteiger partial charge in [-0.25, -0.2) is 9.59 Å². The number of halogens is 1. The fourth-order valence-electron chi connectivity index (χ4n) is 3.03. The fraction of sp³-hybridized carbons (Fsp3) is 0.522. The van der Waals surface area contributed by atoms with Gasteiger partial charge in [0.2, 0.25) is 5.91 Å². The Labute approximate surface area is 211 Å². The maximum atomic E-state index is 13.3. The Hall–Kier alpha value is -1.75. The molecule has 0 spiro atoms. The minimum atomic E-state index is -1.27. The van der Waals surface area contributed by atoms with Gasteiger partial charge in [0.15, 0.2) is 0 Å². The molecule has 0 radical (unpaired) electrons. The average Bonchev–Trinajstić information content (AvgIpc) is 2.76. The van der Waals surface area contributed by atoms with Crippen molar-refractivity contribution >= 4 is 28.9 Å². The Bertz CT molecular complexity index is 732. The molecular weight excluding hydrogens is 543 g/mol. The zero-order valence-electron chi connectivity index (χ0n) is 19.3. The van der Waals surface area contributed by atoms with Crippen molar-refractivity contribution < 1.29 is 47.8 Å². The molecule has 9 heteroatoms. The zero-order chi connectivity index (χ0) is 23.3. The molecule has 1 aromatic carbocycles. The molecule has 1 rings (SSSR count). The summed E-state index contributed by atoms with van der Waals surface area (Å²) in [6.45, 7) is 5.76. The van der Waals surface area contributed by atoms with Gasteiger partial charge in [-0.2, -0.15) is 0 Å². The monoisotopic (exact) mass is 578 g/mol. The van der Waals surface area contributed by atoms with Crippen molar-refractivity contribution in [3.8, 4) is 0 Å². The van der Waals surface area contributed by atoms with E-state index in [0.29, 0.717) is 19.3 Å². The second-order valence-corrected chi connectivity index (χ2v) is 9.92. The van der Waals surface area contributed by atoms with E-state index in [1.807, 2.05) is 37.3 Å². The van der Waals surface area contributed by atoms with Crippen LogP contribution in [-0.4, -0.2) is 54.9 Å². The fourth-order valence-corrected chi connectivity index (χ4v) is 3.79. The van der Waals surface area contributed by atoms with Crippen molar-refractivity contribution in [3.05, 3.63) is 48.6 Å². The molecule has 2 N–H and O–H groups in total. The van der Waals surface area contributed by atoms with E-state index in [1.165, 1.54) is 7.11 Å². The van der Waals surface area contributed by atoms with Crippen LogP contribution >= 0.6 is 0 Å². The summed E-state index contributed by atoms with van der Waals surface area (Å²) in [5, 5.41) is 5.54. The molecule has 0 aliphatic carbocycles. The molecule has 0 aliphatic heterocycles. The number of amides is 2. The lowest BCUT2D eigenvalue weighted by atomic mass is 9.90. The molecule has 1 aromatic rings. The lowest BCUT2D eigenvalue weighted by Gasteiger charge is -2.33. The number of ether oxygens (including phenoxy) is 2. The van der Waals surface area contributed by atoms with Crippen LogP contribution in [0.25, 0.3) is 0 Å². The number of hydrogen-bond donors (Lipinski definition) is 2. The maximum Gasteiger partial charge on any atom is 0.408 e. The van der Waals surface area contributed by atoms with Crippen LogP contribution in [0, 0.1) is 0 Å². The van der Waals surface area contributed by atoms with Gasteiger partial charge in [0.25, 0.3) is 0 Å². The van der Waals surface area contributed by atoms with Crippen molar-refractivity contribution in [1.29, 1.82) is 0 Å². The third-order valence-electron chi connectivity index (χ3n) is 4.79. The van der Waals surface area contributed by atoms with Crippen LogP contribution in [0.3, 0.4) is 0 Å². The van der Waals surface area contributed by atoms with Crippen LogP contribution < -0.4 is 34.6 Å². The van der Waals surface area contributed by atoms with Gasteiger partial charge in [-0.3, -0.25) is 4.79 Å². The summed E-state index contributed by atoms with van der Waals surface area (Å²) >= 11 is 0. The van der Waals surface area contributed by atoms with Gasteiger partial charge in [-0.05, 0) is 29.3 Å². The van der Waals surface area contributed by atoms with Gasteiger partial charge >= 0.3 is 12.1 Å². The molecule has 2 atom stereocenters.